The van der Waals surface area contributed by atoms with Crippen molar-refractivity contribution < 1.29 is 0 Å². The van der Waals surface area contributed by atoms with Crippen molar-refractivity contribution in [2.75, 3.05) is 6.54 Å². The monoisotopic (exact) mass is 389 g/mol. The van der Waals surface area contributed by atoms with Crippen molar-refractivity contribution in [3.63, 3.8) is 0 Å². The highest BCUT2D eigenvalue weighted by molar-refractivity contribution is 14.1. The average molecular weight is 390 g/mol. The van der Waals surface area contributed by atoms with Gasteiger partial charge in [-0.2, -0.15) is 5.10 Å². The Bertz CT molecular complexity index is 553. The first kappa shape index (κ1) is 14.8. The lowest BCUT2D eigenvalue weighted by Crippen LogP contribution is -2.22. The third kappa shape index (κ3) is 3.49. The molecule has 1 aromatic carbocycles. The zero-order chi connectivity index (χ0) is 13.8. The van der Waals surface area contributed by atoms with Gasteiger partial charge in [-0.15, -0.1) is 0 Å². The van der Waals surface area contributed by atoms with Crippen LogP contribution in [0.2, 0.25) is 5.02 Å². The molecule has 2 rings (SSSR count). The Labute approximate surface area is 132 Å². The predicted molar refractivity (Wildman–Crippen MR) is 87.6 cm³/mol. The minimum Gasteiger partial charge on any atom is -0.306 e. The normalized spacial score (nSPS) is 12.6. The summed E-state index contributed by atoms with van der Waals surface area (Å²) in [6.45, 7) is 5.97. The molecule has 1 aromatic heterocycles. The van der Waals surface area contributed by atoms with Crippen molar-refractivity contribution in [1.29, 1.82) is 0 Å². The molecule has 1 N–H and O–H groups in total. The minimum absolute atomic E-state index is 0.135. The predicted octanol–water partition coefficient (Wildman–Crippen LogP) is 3.86. The quantitative estimate of drug-likeness (QED) is 0.787. The van der Waals surface area contributed by atoms with E-state index in [9.17, 15) is 0 Å². The second kappa shape index (κ2) is 6.72. The molecule has 1 unspecified atom stereocenters. The molecule has 0 aliphatic carbocycles. The van der Waals surface area contributed by atoms with Gasteiger partial charge in [-0.05, 0) is 59.8 Å². The fraction of sp³-hybridized carbons (Fsp3) is 0.357. The molecule has 1 atom stereocenters. The number of aromatic nitrogens is 2. The van der Waals surface area contributed by atoms with Crippen LogP contribution in [-0.2, 0) is 6.54 Å². The molecule has 19 heavy (non-hydrogen) atoms. The van der Waals surface area contributed by atoms with Gasteiger partial charge in [0, 0.05) is 26.9 Å². The van der Waals surface area contributed by atoms with Crippen molar-refractivity contribution in [1.82, 2.24) is 15.1 Å². The Morgan fingerprint density at radius 1 is 1.42 bits per heavy atom. The van der Waals surface area contributed by atoms with Crippen molar-refractivity contribution >= 4 is 34.2 Å². The zero-order valence-corrected chi connectivity index (χ0v) is 13.9. The molecule has 0 aliphatic heterocycles. The van der Waals surface area contributed by atoms with Crippen LogP contribution < -0.4 is 5.32 Å². The first-order valence-electron chi connectivity index (χ1n) is 6.36. The Hall–Kier alpha value is -0.590. The molecule has 0 fully saturated rings. The Balaban J connectivity index is 2.41. The van der Waals surface area contributed by atoms with Gasteiger partial charge in [-0.1, -0.05) is 18.5 Å². The number of rotatable bonds is 5. The van der Waals surface area contributed by atoms with Crippen LogP contribution in [0.5, 0.6) is 0 Å². The third-order valence-electron chi connectivity index (χ3n) is 2.99. The van der Waals surface area contributed by atoms with Crippen molar-refractivity contribution in [3.8, 4) is 0 Å². The van der Waals surface area contributed by atoms with Crippen LogP contribution in [0, 0.1) is 3.57 Å². The molecule has 0 radical (unpaired) electrons. The van der Waals surface area contributed by atoms with E-state index in [0.29, 0.717) is 0 Å². The molecule has 0 saturated heterocycles. The summed E-state index contributed by atoms with van der Waals surface area (Å²) in [6, 6.07) is 6.13. The highest BCUT2D eigenvalue weighted by atomic mass is 127. The van der Waals surface area contributed by atoms with Crippen molar-refractivity contribution in [2.24, 2.45) is 0 Å². The minimum atomic E-state index is 0.135. The maximum Gasteiger partial charge on any atom is 0.0618 e. The van der Waals surface area contributed by atoms with Gasteiger partial charge in [0.25, 0.3) is 0 Å². The van der Waals surface area contributed by atoms with E-state index in [0.717, 1.165) is 18.1 Å². The van der Waals surface area contributed by atoms with E-state index in [1.54, 1.807) is 0 Å². The number of hydrogen-bond donors (Lipinski definition) is 1. The number of benzene rings is 1. The molecule has 0 saturated carbocycles. The van der Waals surface area contributed by atoms with E-state index < -0.39 is 0 Å². The number of halogens is 2. The summed E-state index contributed by atoms with van der Waals surface area (Å²) in [6.07, 6.45) is 4.01. The Kier molecular flexibility index (Phi) is 5.24. The standard InChI is InChI=1S/C14H17ClIN3/c1-3-17-14(10-8-18-19(4-2)9-10)12-7-11(15)5-6-13(12)16/h5-9,14,17H,3-4H2,1-2H3. The molecule has 0 bridgehead atoms. The average Bonchev–Trinajstić information content (AvgIpc) is 2.88. The van der Waals surface area contributed by atoms with Gasteiger partial charge in [0.2, 0.25) is 0 Å². The lowest BCUT2D eigenvalue weighted by Gasteiger charge is -2.18. The van der Waals surface area contributed by atoms with E-state index in [1.807, 2.05) is 29.1 Å². The lowest BCUT2D eigenvalue weighted by atomic mass is 10.0. The highest BCUT2D eigenvalue weighted by Crippen LogP contribution is 2.28. The summed E-state index contributed by atoms with van der Waals surface area (Å²) in [7, 11) is 0. The van der Waals surface area contributed by atoms with Gasteiger partial charge in [-0.3, -0.25) is 4.68 Å². The molecular formula is C14H17ClIN3. The van der Waals surface area contributed by atoms with E-state index in [4.69, 9.17) is 11.6 Å². The topological polar surface area (TPSA) is 29.9 Å². The van der Waals surface area contributed by atoms with Crippen LogP contribution in [0.3, 0.4) is 0 Å². The van der Waals surface area contributed by atoms with Gasteiger partial charge in [0.05, 0.1) is 12.2 Å². The van der Waals surface area contributed by atoms with Gasteiger partial charge < -0.3 is 5.32 Å². The number of aryl methyl sites for hydroxylation is 1. The second-order valence-corrected chi connectivity index (χ2v) is 5.88. The van der Waals surface area contributed by atoms with Crippen LogP contribution in [0.25, 0.3) is 0 Å². The molecule has 2 aromatic rings. The largest absolute Gasteiger partial charge is 0.306 e. The van der Waals surface area contributed by atoms with Gasteiger partial charge in [0.15, 0.2) is 0 Å². The molecule has 5 heteroatoms. The first-order valence-corrected chi connectivity index (χ1v) is 7.82. The SMILES string of the molecule is CCNC(c1cnn(CC)c1)c1cc(Cl)ccc1I. The van der Waals surface area contributed by atoms with Crippen LogP contribution in [-0.4, -0.2) is 16.3 Å². The molecule has 1 heterocycles. The Morgan fingerprint density at radius 3 is 2.84 bits per heavy atom. The first-order chi connectivity index (χ1) is 9.15. The fourth-order valence-corrected chi connectivity index (χ4v) is 2.88. The number of nitrogens with zero attached hydrogens (tertiary/aromatic N) is 2. The van der Waals surface area contributed by atoms with Gasteiger partial charge >= 0.3 is 0 Å². The summed E-state index contributed by atoms with van der Waals surface area (Å²) < 4.78 is 3.15. The second-order valence-electron chi connectivity index (χ2n) is 4.29. The van der Waals surface area contributed by atoms with E-state index in [2.05, 4.69) is 53.1 Å². The summed E-state index contributed by atoms with van der Waals surface area (Å²) >= 11 is 8.48. The van der Waals surface area contributed by atoms with Crippen molar-refractivity contribution in [2.45, 2.75) is 26.4 Å². The van der Waals surface area contributed by atoms with E-state index >= 15 is 0 Å². The number of hydrogen-bond acceptors (Lipinski definition) is 2. The van der Waals surface area contributed by atoms with Crippen LogP contribution in [0.1, 0.15) is 31.0 Å². The van der Waals surface area contributed by atoms with E-state index in [-0.39, 0.29) is 6.04 Å². The summed E-state index contributed by atoms with van der Waals surface area (Å²) in [5.41, 5.74) is 2.37. The lowest BCUT2D eigenvalue weighted by molar-refractivity contribution is 0.623. The highest BCUT2D eigenvalue weighted by Gasteiger charge is 2.17. The number of nitrogens with one attached hydrogen (secondary N) is 1. The maximum atomic E-state index is 6.13. The van der Waals surface area contributed by atoms with Crippen LogP contribution >= 0.6 is 34.2 Å². The molecular weight excluding hydrogens is 373 g/mol. The Morgan fingerprint density at radius 2 is 2.21 bits per heavy atom. The smallest absolute Gasteiger partial charge is 0.0618 e. The van der Waals surface area contributed by atoms with Crippen LogP contribution in [0.4, 0.5) is 0 Å². The molecule has 102 valence electrons. The molecule has 0 spiro atoms. The third-order valence-corrected chi connectivity index (χ3v) is 4.21. The fourth-order valence-electron chi connectivity index (χ4n) is 2.05. The van der Waals surface area contributed by atoms with Crippen LogP contribution in [0.15, 0.2) is 30.6 Å². The van der Waals surface area contributed by atoms with Gasteiger partial charge in [-0.25, -0.2) is 0 Å². The zero-order valence-electron chi connectivity index (χ0n) is 11.0. The summed E-state index contributed by atoms with van der Waals surface area (Å²) in [4.78, 5) is 0. The summed E-state index contributed by atoms with van der Waals surface area (Å²) in [5.74, 6) is 0. The summed E-state index contributed by atoms with van der Waals surface area (Å²) in [5, 5.41) is 8.63. The molecule has 3 nitrogen and oxygen atoms in total. The molecule has 0 aliphatic rings. The van der Waals surface area contributed by atoms with Gasteiger partial charge in [0.1, 0.15) is 0 Å². The maximum absolute atomic E-state index is 6.13. The van der Waals surface area contributed by atoms with E-state index in [1.165, 1.54) is 14.7 Å². The molecule has 0 amide bonds. The van der Waals surface area contributed by atoms with Crippen molar-refractivity contribution in [3.05, 3.63) is 50.3 Å².